The van der Waals surface area contributed by atoms with Crippen molar-refractivity contribution < 1.29 is 14.6 Å². The van der Waals surface area contributed by atoms with Gasteiger partial charge in [-0.25, -0.2) is 4.79 Å². The molecule has 0 bridgehead atoms. The molecule has 4 nitrogen and oxygen atoms in total. The van der Waals surface area contributed by atoms with Crippen molar-refractivity contribution in [1.29, 1.82) is 0 Å². The summed E-state index contributed by atoms with van der Waals surface area (Å²) in [5.74, 6) is 0. The predicted molar refractivity (Wildman–Crippen MR) is 76.1 cm³/mol. The maximum atomic E-state index is 11.6. The van der Waals surface area contributed by atoms with Gasteiger partial charge in [0.05, 0.1) is 0 Å². The SMILES string of the molecule is O=C(NCCCCCCO)OC1C=CCCCCC1. The molecule has 0 spiro atoms. The number of aliphatic hydroxyl groups is 1. The lowest BCUT2D eigenvalue weighted by atomic mass is 10.0. The molecule has 0 saturated heterocycles. The summed E-state index contributed by atoms with van der Waals surface area (Å²) in [6, 6.07) is 0. The van der Waals surface area contributed by atoms with Crippen LogP contribution in [0, 0.1) is 0 Å². The van der Waals surface area contributed by atoms with Gasteiger partial charge in [0.2, 0.25) is 0 Å². The van der Waals surface area contributed by atoms with E-state index in [2.05, 4.69) is 11.4 Å². The van der Waals surface area contributed by atoms with Crippen molar-refractivity contribution in [1.82, 2.24) is 5.32 Å². The van der Waals surface area contributed by atoms with Crippen LogP contribution in [0.2, 0.25) is 0 Å². The first-order valence-electron chi connectivity index (χ1n) is 7.55. The third-order valence-electron chi connectivity index (χ3n) is 3.32. The first-order chi connectivity index (χ1) is 9.33. The number of ether oxygens (including phenoxy) is 1. The van der Waals surface area contributed by atoms with Gasteiger partial charge in [0.1, 0.15) is 6.10 Å². The van der Waals surface area contributed by atoms with Crippen LogP contribution in [0.3, 0.4) is 0 Å². The van der Waals surface area contributed by atoms with Gasteiger partial charge in [-0.2, -0.15) is 0 Å². The summed E-state index contributed by atoms with van der Waals surface area (Å²) in [7, 11) is 0. The van der Waals surface area contributed by atoms with Crippen molar-refractivity contribution in [3.8, 4) is 0 Å². The fourth-order valence-electron chi connectivity index (χ4n) is 2.19. The van der Waals surface area contributed by atoms with E-state index in [1.807, 2.05) is 6.08 Å². The monoisotopic (exact) mass is 269 g/mol. The molecule has 0 aliphatic heterocycles. The molecule has 1 aliphatic rings. The number of alkyl carbamates (subject to hydrolysis) is 1. The minimum atomic E-state index is -0.308. The summed E-state index contributed by atoms with van der Waals surface area (Å²) in [4.78, 5) is 11.6. The standard InChI is InChI=1S/C15H27NO3/c17-13-9-5-4-8-12-16-15(18)19-14-10-6-2-1-3-7-11-14/h6,10,14,17H,1-5,7-9,11-13H2,(H,16,18). The number of unbranched alkanes of at least 4 members (excludes halogenated alkanes) is 3. The van der Waals surface area contributed by atoms with Crippen molar-refractivity contribution in [3.63, 3.8) is 0 Å². The van der Waals surface area contributed by atoms with Gasteiger partial charge in [-0.15, -0.1) is 0 Å². The molecule has 0 aromatic heterocycles. The molecule has 1 unspecified atom stereocenters. The molecule has 4 heteroatoms. The molecule has 110 valence electrons. The topological polar surface area (TPSA) is 58.6 Å². The fourth-order valence-corrected chi connectivity index (χ4v) is 2.19. The quantitative estimate of drug-likeness (QED) is 0.551. The minimum Gasteiger partial charge on any atom is -0.442 e. The molecule has 1 amide bonds. The Hall–Kier alpha value is -1.03. The Morgan fingerprint density at radius 1 is 1.21 bits per heavy atom. The smallest absolute Gasteiger partial charge is 0.407 e. The van der Waals surface area contributed by atoms with E-state index >= 15 is 0 Å². The number of amides is 1. The summed E-state index contributed by atoms with van der Waals surface area (Å²) < 4.78 is 5.38. The number of nitrogens with one attached hydrogen (secondary N) is 1. The van der Waals surface area contributed by atoms with Gasteiger partial charge >= 0.3 is 6.09 Å². The van der Waals surface area contributed by atoms with Crippen LogP contribution in [-0.4, -0.2) is 30.5 Å². The lowest BCUT2D eigenvalue weighted by Gasteiger charge is -2.16. The van der Waals surface area contributed by atoms with Crippen LogP contribution < -0.4 is 5.32 Å². The van der Waals surface area contributed by atoms with Gasteiger partial charge in [-0.3, -0.25) is 0 Å². The summed E-state index contributed by atoms with van der Waals surface area (Å²) in [5.41, 5.74) is 0. The summed E-state index contributed by atoms with van der Waals surface area (Å²) in [6.45, 7) is 0.907. The van der Waals surface area contributed by atoms with E-state index in [0.717, 1.165) is 44.9 Å². The molecular formula is C15H27NO3. The largest absolute Gasteiger partial charge is 0.442 e. The van der Waals surface area contributed by atoms with E-state index in [1.165, 1.54) is 12.8 Å². The van der Waals surface area contributed by atoms with Crippen molar-refractivity contribution >= 4 is 6.09 Å². The van der Waals surface area contributed by atoms with Gasteiger partial charge in [0.15, 0.2) is 0 Å². The zero-order valence-corrected chi connectivity index (χ0v) is 11.8. The molecule has 0 fully saturated rings. The van der Waals surface area contributed by atoms with Crippen LogP contribution in [-0.2, 0) is 4.74 Å². The van der Waals surface area contributed by atoms with Crippen molar-refractivity contribution in [2.75, 3.05) is 13.2 Å². The van der Waals surface area contributed by atoms with Gasteiger partial charge in [0, 0.05) is 13.2 Å². The molecule has 0 aromatic rings. The first kappa shape index (κ1) is 16.0. The average Bonchev–Trinajstić information content (AvgIpc) is 2.37. The maximum absolute atomic E-state index is 11.6. The fraction of sp³-hybridized carbons (Fsp3) is 0.800. The van der Waals surface area contributed by atoms with E-state index < -0.39 is 0 Å². The lowest BCUT2D eigenvalue weighted by Crippen LogP contribution is -2.29. The molecule has 0 aromatic carbocycles. The molecule has 2 N–H and O–H groups in total. The molecule has 0 heterocycles. The number of rotatable bonds is 7. The maximum Gasteiger partial charge on any atom is 0.407 e. The first-order valence-corrected chi connectivity index (χ1v) is 7.55. The molecule has 1 rings (SSSR count). The second-order valence-corrected chi connectivity index (χ2v) is 5.07. The number of carbonyl (C=O) groups excluding carboxylic acids is 1. The van der Waals surface area contributed by atoms with Crippen LogP contribution in [0.1, 0.15) is 57.8 Å². The predicted octanol–water partition coefficient (Wildman–Crippen LogP) is 3.15. The summed E-state index contributed by atoms with van der Waals surface area (Å²) in [6.07, 6.45) is 13.2. The molecule has 0 radical (unpaired) electrons. The normalized spacial score (nSPS) is 19.5. The second kappa shape index (κ2) is 10.9. The Kier molecular flexibility index (Phi) is 9.15. The highest BCUT2D eigenvalue weighted by atomic mass is 16.6. The van der Waals surface area contributed by atoms with Gasteiger partial charge in [-0.1, -0.05) is 25.3 Å². The molecule has 0 saturated carbocycles. The highest BCUT2D eigenvalue weighted by Gasteiger charge is 2.11. The number of hydrogen-bond donors (Lipinski definition) is 2. The van der Waals surface area contributed by atoms with E-state index in [-0.39, 0.29) is 18.8 Å². The van der Waals surface area contributed by atoms with Crippen molar-refractivity contribution in [2.24, 2.45) is 0 Å². The second-order valence-electron chi connectivity index (χ2n) is 5.07. The van der Waals surface area contributed by atoms with E-state index in [4.69, 9.17) is 9.84 Å². The van der Waals surface area contributed by atoms with Crippen molar-refractivity contribution in [2.45, 2.75) is 63.9 Å². The van der Waals surface area contributed by atoms with E-state index in [0.29, 0.717) is 6.54 Å². The third kappa shape index (κ3) is 8.65. The zero-order valence-electron chi connectivity index (χ0n) is 11.8. The van der Waals surface area contributed by atoms with Crippen LogP contribution in [0.5, 0.6) is 0 Å². The Morgan fingerprint density at radius 2 is 2.05 bits per heavy atom. The minimum absolute atomic E-state index is 0.0605. The van der Waals surface area contributed by atoms with E-state index in [1.54, 1.807) is 0 Å². The Labute approximate surface area is 116 Å². The Balaban J connectivity index is 2.07. The van der Waals surface area contributed by atoms with Crippen LogP contribution in [0.25, 0.3) is 0 Å². The average molecular weight is 269 g/mol. The Bertz CT molecular complexity index is 266. The number of allylic oxidation sites excluding steroid dienone is 1. The molecular weight excluding hydrogens is 242 g/mol. The Morgan fingerprint density at radius 3 is 2.89 bits per heavy atom. The highest BCUT2D eigenvalue weighted by Crippen LogP contribution is 2.14. The number of aliphatic hydroxyl groups excluding tert-OH is 1. The van der Waals surface area contributed by atoms with Crippen LogP contribution >= 0.6 is 0 Å². The highest BCUT2D eigenvalue weighted by molar-refractivity contribution is 5.67. The van der Waals surface area contributed by atoms with Crippen LogP contribution in [0.4, 0.5) is 4.79 Å². The summed E-state index contributed by atoms with van der Waals surface area (Å²) >= 11 is 0. The lowest BCUT2D eigenvalue weighted by molar-refractivity contribution is 0.113. The summed E-state index contributed by atoms with van der Waals surface area (Å²) in [5, 5.41) is 11.4. The zero-order chi connectivity index (χ0) is 13.8. The van der Waals surface area contributed by atoms with Gasteiger partial charge in [0.25, 0.3) is 0 Å². The molecule has 1 aliphatic carbocycles. The van der Waals surface area contributed by atoms with Gasteiger partial charge in [-0.05, 0) is 44.6 Å². The number of hydrogen-bond acceptors (Lipinski definition) is 3. The van der Waals surface area contributed by atoms with Crippen molar-refractivity contribution in [3.05, 3.63) is 12.2 Å². The van der Waals surface area contributed by atoms with E-state index in [9.17, 15) is 4.79 Å². The third-order valence-corrected chi connectivity index (χ3v) is 3.32. The van der Waals surface area contributed by atoms with Gasteiger partial charge < -0.3 is 15.2 Å². The molecule has 19 heavy (non-hydrogen) atoms. The number of carbonyl (C=O) groups is 1. The van der Waals surface area contributed by atoms with Crippen LogP contribution in [0.15, 0.2) is 12.2 Å². The molecule has 1 atom stereocenters.